The van der Waals surface area contributed by atoms with Gasteiger partial charge in [0.25, 0.3) is 0 Å². The second kappa shape index (κ2) is 12.1. The Kier molecular flexibility index (Phi) is 9.57. The number of anilines is 1. The minimum absolute atomic E-state index is 0.119. The first-order valence-corrected chi connectivity index (χ1v) is 18.6. The highest BCUT2D eigenvalue weighted by atomic mass is 127. The average Bonchev–Trinajstić information content (AvgIpc) is 2.83. The highest BCUT2D eigenvalue weighted by Crippen LogP contribution is 2.37. The number of benzene rings is 2. The Labute approximate surface area is 266 Å². The van der Waals surface area contributed by atoms with Crippen LogP contribution in [-0.2, 0) is 19.7 Å². The third-order valence-corrected chi connectivity index (χ3v) is 10.9. The first-order chi connectivity index (χ1) is 18.6. The topological polar surface area (TPSA) is 118 Å². The minimum atomic E-state index is -3.40. The Morgan fingerprint density at radius 3 is 1.77 bits per heavy atom. The lowest BCUT2D eigenvalue weighted by atomic mass is 10.1. The maximum absolute atomic E-state index is 12.4. The Balaban J connectivity index is 0.000000194. The number of hydrogen-bond acceptors (Lipinski definition) is 8. The second-order valence-electron chi connectivity index (χ2n) is 9.80. The number of fused-ring (bicyclic) bond motifs is 2. The van der Waals surface area contributed by atoms with Gasteiger partial charge in [-0.25, -0.2) is 16.8 Å². The van der Waals surface area contributed by atoms with Crippen molar-refractivity contribution >= 4 is 104 Å². The smallest absolute Gasteiger partial charge is 0.179 e. The third kappa shape index (κ3) is 6.83. The van der Waals surface area contributed by atoms with Crippen molar-refractivity contribution in [3.05, 3.63) is 59.9 Å². The van der Waals surface area contributed by atoms with Crippen molar-refractivity contribution in [2.24, 2.45) is 0 Å². The van der Waals surface area contributed by atoms with Crippen molar-refractivity contribution < 1.29 is 21.9 Å². The maximum atomic E-state index is 12.4. The van der Waals surface area contributed by atoms with Gasteiger partial charge in [0.1, 0.15) is 9.79 Å². The molecule has 0 spiro atoms. The molecule has 0 saturated carbocycles. The maximum Gasteiger partial charge on any atom is 0.179 e. The Bertz CT molecular complexity index is 1840. The number of aliphatic hydroxyl groups excluding tert-OH is 1. The molecule has 5 rings (SSSR count). The average molecular weight is 828 g/mol. The van der Waals surface area contributed by atoms with Gasteiger partial charge in [-0.05, 0) is 108 Å². The fourth-order valence-corrected chi connectivity index (χ4v) is 8.77. The first kappa shape index (κ1) is 31.6. The molecule has 8 nitrogen and oxygen atoms in total. The van der Waals surface area contributed by atoms with Crippen LogP contribution in [-0.4, -0.2) is 63.6 Å². The zero-order valence-electron chi connectivity index (χ0n) is 22.2. The largest absolute Gasteiger partial charge is 0.393 e. The predicted octanol–water partition coefficient (Wildman–Crippen LogP) is 5.72. The quantitative estimate of drug-likeness (QED) is 0.261. The molecule has 1 aliphatic rings. The number of pyridine rings is 2. The number of nitrogens with zero attached hydrogens (tertiary/aromatic N) is 3. The molecule has 1 saturated heterocycles. The second-order valence-corrected chi connectivity index (χ2v) is 16.6. The number of halogens is 3. The highest BCUT2D eigenvalue weighted by molar-refractivity contribution is 14.1. The third-order valence-electron chi connectivity index (χ3n) is 6.58. The molecule has 2 aromatic heterocycles. The van der Waals surface area contributed by atoms with Gasteiger partial charge in [0.05, 0.1) is 39.2 Å². The molecule has 13 heteroatoms. The number of rotatable bonds is 3. The summed E-state index contributed by atoms with van der Waals surface area (Å²) in [5.74, 6) is 0. The van der Waals surface area contributed by atoms with Crippen molar-refractivity contribution in [1.82, 2.24) is 9.97 Å². The molecule has 40 heavy (non-hydrogen) atoms. The predicted molar refractivity (Wildman–Crippen MR) is 177 cm³/mol. The van der Waals surface area contributed by atoms with E-state index in [4.69, 9.17) is 11.6 Å². The van der Waals surface area contributed by atoms with Gasteiger partial charge in [-0.2, -0.15) is 0 Å². The van der Waals surface area contributed by atoms with Crippen LogP contribution in [0.3, 0.4) is 0 Å². The Morgan fingerprint density at radius 2 is 1.27 bits per heavy atom. The van der Waals surface area contributed by atoms with E-state index < -0.39 is 19.7 Å². The molecular weight excluding hydrogens is 800 g/mol. The summed E-state index contributed by atoms with van der Waals surface area (Å²) in [5.41, 5.74) is 3.21. The van der Waals surface area contributed by atoms with Crippen molar-refractivity contribution in [3.63, 3.8) is 0 Å². The molecule has 1 N–H and O–H groups in total. The summed E-state index contributed by atoms with van der Waals surface area (Å²) in [5, 5.41) is 11.5. The number of hydrogen-bond donors (Lipinski definition) is 1. The summed E-state index contributed by atoms with van der Waals surface area (Å²) in [6.45, 7) is 4.69. The molecule has 3 heterocycles. The minimum Gasteiger partial charge on any atom is -0.393 e. The van der Waals surface area contributed by atoms with Crippen molar-refractivity contribution in [2.75, 3.05) is 30.5 Å². The van der Waals surface area contributed by atoms with Crippen molar-refractivity contribution in [1.29, 1.82) is 0 Å². The summed E-state index contributed by atoms with van der Waals surface area (Å²) in [6.07, 6.45) is 3.37. The molecule has 4 aromatic rings. The standard InChI is InChI=1S/C16H19IN2O3S.C11H9ClINO2S/c1-10-16(23(2,21)22)15(19-7-5-12(20)6-8-19)13-9-11(17)3-4-14(13)18-10;1-6-11(17(2,15)16)10(12)8-5-7(13)3-4-9(8)14-6/h3-4,9,12,20H,5-8H2,1-2H3;3-5H,1-2H3. The van der Waals surface area contributed by atoms with Crippen LogP contribution < -0.4 is 4.90 Å². The molecule has 0 bridgehead atoms. The molecule has 0 unspecified atom stereocenters. The van der Waals surface area contributed by atoms with Crippen LogP contribution in [0.1, 0.15) is 24.2 Å². The van der Waals surface area contributed by atoms with Gasteiger partial charge in [-0.3, -0.25) is 9.97 Å². The fraction of sp³-hybridized carbons (Fsp3) is 0.333. The number of piperidine rings is 1. The molecule has 0 aliphatic carbocycles. The fourth-order valence-electron chi connectivity index (χ4n) is 4.89. The van der Waals surface area contributed by atoms with Crippen LogP contribution in [0.2, 0.25) is 5.02 Å². The van der Waals surface area contributed by atoms with Crippen LogP contribution in [0.15, 0.2) is 46.2 Å². The molecule has 1 aliphatic heterocycles. The number of aromatic nitrogens is 2. The van der Waals surface area contributed by atoms with Gasteiger partial charge >= 0.3 is 0 Å². The van der Waals surface area contributed by atoms with E-state index in [2.05, 4.69) is 60.0 Å². The number of aliphatic hydroxyl groups is 1. The summed E-state index contributed by atoms with van der Waals surface area (Å²) >= 11 is 10.6. The monoisotopic (exact) mass is 827 g/mol. The molecular formula is C27H28ClI2N3O5S2. The molecule has 0 radical (unpaired) electrons. The van der Waals surface area contributed by atoms with E-state index >= 15 is 0 Å². The van der Waals surface area contributed by atoms with E-state index in [0.29, 0.717) is 53.1 Å². The summed E-state index contributed by atoms with van der Waals surface area (Å²) in [4.78, 5) is 11.3. The van der Waals surface area contributed by atoms with E-state index in [0.717, 1.165) is 30.0 Å². The van der Waals surface area contributed by atoms with Gasteiger partial charge in [0.15, 0.2) is 19.7 Å². The molecule has 214 valence electrons. The van der Waals surface area contributed by atoms with E-state index in [9.17, 15) is 21.9 Å². The lowest BCUT2D eigenvalue weighted by molar-refractivity contribution is 0.145. The normalized spacial score (nSPS) is 14.8. The van der Waals surface area contributed by atoms with Gasteiger partial charge < -0.3 is 10.0 Å². The highest BCUT2D eigenvalue weighted by Gasteiger charge is 2.27. The molecule has 1 fully saturated rings. The lowest BCUT2D eigenvalue weighted by Crippen LogP contribution is -2.37. The Hall–Kier alpha value is -1.33. The lowest BCUT2D eigenvalue weighted by Gasteiger charge is -2.33. The van der Waals surface area contributed by atoms with E-state index in [-0.39, 0.29) is 16.0 Å². The van der Waals surface area contributed by atoms with Gasteiger partial charge in [0.2, 0.25) is 0 Å². The van der Waals surface area contributed by atoms with Gasteiger partial charge in [-0.1, -0.05) is 11.6 Å². The number of aryl methyl sites for hydroxylation is 2. The van der Waals surface area contributed by atoms with E-state index in [1.807, 2.05) is 36.4 Å². The van der Waals surface area contributed by atoms with E-state index in [1.165, 1.54) is 6.26 Å². The van der Waals surface area contributed by atoms with Crippen LogP contribution in [0.5, 0.6) is 0 Å². The van der Waals surface area contributed by atoms with Gasteiger partial charge in [-0.15, -0.1) is 0 Å². The summed E-state index contributed by atoms with van der Waals surface area (Å²) < 4.78 is 50.2. The van der Waals surface area contributed by atoms with Gasteiger partial charge in [0, 0.05) is 43.5 Å². The molecule has 0 amide bonds. The number of sulfone groups is 2. The van der Waals surface area contributed by atoms with Crippen LogP contribution in [0, 0.1) is 21.0 Å². The zero-order chi connectivity index (χ0) is 29.6. The summed E-state index contributed by atoms with van der Waals surface area (Å²) in [7, 11) is -6.77. The van der Waals surface area contributed by atoms with Crippen LogP contribution >= 0.6 is 56.8 Å². The van der Waals surface area contributed by atoms with Crippen LogP contribution in [0.4, 0.5) is 5.69 Å². The van der Waals surface area contributed by atoms with Crippen LogP contribution in [0.25, 0.3) is 21.8 Å². The summed E-state index contributed by atoms with van der Waals surface area (Å²) in [6, 6.07) is 11.5. The Morgan fingerprint density at radius 1 is 0.825 bits per heavy atom. The van der Waals surface area contributed by atoms with Crippen molar-refractivity contribution in [2.45, 2.75) is 42.6 Å². The molecule has 0 atom stereocenters. The molecule has 2 aromatic carbocycles. The van der Waals surface area contributed by atoms with Crippen molar-refractivity contribution in [3.8, 4) is 0 Å². The SMILES string of the molecule is Cc1nc2ccc(I)cc2c(Cl)c1S(C)(=O)=O.Cc1nc2ccc(I)cc2c(N2CCC(O)CC2)c1S(C)(=O)=O. The first-order valence-electron chi connectivity index (χ1n) is 12.3. The zero-order valence-corrected chi connectivity index (χ0v) is 28.9. The van der Waals surface area contributed by atoms with E-state index in [1.54, 1.807) is 13.8 Å².